The smallest absolute Gasteiger partial charge is 0.274 e. The second-order valence-corrected chi connectivity index (χ2v) is 6.13. The summed E-state index contributed by atoms with van der Waals surface area (Å²) in [5.41, 5.74) is 0.977. The molecule has 4 rings (SSSR count). The van der Waals surface area contributed by atoms with Gasteiger partial charge in [0.05, 0.1) is 13.4 Å². The lowest BCUT2D eigenvalue weighted by molar-refractivity contribution is 0.0932. The van der Waals surface area contributed by atoms with Gasteiger partial charge >= 0.3 is 0 Å². The second kappa shape index (κ2) is 7.43. The van der Waals surface area contributed by atoms with Crippen molar-refractivity contribution in [1.82, 2.24) is 20.0 Å². The van der Waals surface area contributed by atoms with E-state index in [0.29, 0.717) is 23.1 Å². The third-order valence-electron chi connectivity index (χ3n) is 4.33. The molecule has 0 aliphatic carbocycles. The van der Waals surface area contributed by atoms with E-state index in [1.807, 2.05) is 42.1 Å². The van der Waals surface area contributed by atoms with Gasteiger partial charge in [0.25, 0.3) is 5.91 Å². The molecule has 0 bridgehead atoms. The van der Waals surface area contributed by atoms with Gasteiger partial charge in [0, 0.05) is 25.5 Å². The van der Waals surface area contributed by atoms with Gasteiger partial charge < -0.3 is 23.6 Å². The molecule has 3 aromatic heterocycles. The summed E-state index contributed by atoms with van der Waals surface area (Å²) in [6, 6.07) is 12.0. The number of hydrogen-bond acceptors (Lipinski definition) is 6. The van der Waals surface area contributed by atoms with E-state index in [1.165, 1.54) is 12.3 Å². The zero-order valence-electron chi connectivity index (χ0n) is 15.3. The molecule has 1 amide bonds. The molecule has 1 aromatic carbocycles. The standard InChI is InChI=1S/C20H18N4O4/c1-24-9-8-21-19(24)18(13-5-3-6-14(11-13)26-2)22-20(25)15-12-17(28-23-15)16-7-4-10-27-16/h3-12,18H,1-2H3,(H,22,25). The number of imidazole rings is 1. The van der Waals surface area contributed by atoms with E-state index in [-0.39, 0.29) is 5.69 Å². The number of methoxy groups -OCH3 is 1. The van der Waals surface area contributed by atoms with Gasteiger partial charge in [-0.25, -0.2) is 4.98 Å². The molecule has 1 N–H and O–H groups in total. The van der Waals surface area contributed by atoms with Crippen molar-refractivity contribution in [2.75, 3.05) is 7.11 Å². The Morgan fingerprint density at radius 1 is 1.21 bits per heavy atom. The van der Waals surface area contributed by atoms with Crippen LogP contribution in [0.25, 0.3) is 11.5 Å². The maximum Gasteiger partial charge on any atom is 0.274 e. The van der Waals surface area contributed by atoms with Gasteiger partial charge in [0.1, 0.15) is 17.6 Å². The summed E-state index contributed by atoms with van der Waals surface area (Å²) in [5, 5.41) is 6.83. The van der Waals surface area contributed by atoms with Crippen LogP contribution in [0.15, 0.2) is 70.1 Å². The van der Waals surface area contributed by atoms with Crippen molar-refractivity contribution in [1.29, 1.82) is 0 Å². The van der Waals surface area contributed by atoms with Crippen LogP contribution < -0.4 is 10.1 Å². The number of aryl methyl sites for hydroxylation is 1. The van der Waals surface area contributed by atoms with Crippen molar-refractivity contribution in [3.8, 4) is 17.3 Å². The first-order valence-electron chi connectivity index (χ1n) is 8.58. The average molecular weight is 378 g/mol. The molecule has 1 atom stereocenters. The summed E-state index contributed by atoms with van der Waals surface area (Å²) >= 11 is 0. The van der Waals surface area contributed by atoms with Crippen molar-refractivity contribution >= 4 is 5.91 Å². The molecule has 1 unspecified atom stereocenters. The maximum absolute atomic E-state index is 12.8. The molecule has 8 nitrogen and oxygen atoms in total. The third-order valence-corrected chi connectivity index (χ3v) is 4.33. The van der Waals surface area contributed by atoms with Crippen molar-refractivity contribution in [3.63, 3.8) is 0 Å². The van der Waals surface area contributed by atoms with E-state index in [0.717, 1.165) is 5.56 Å². The number of nitrogens with zero attached hydrogens (tertiary/aromatic N) is 3. The van der Waals surface area contributed by atoms with Crippen LogP contribution in [0, 0.1) is 0 Å². The molecule has 0 saturated heterocycles. The number of carbonyl (C=O) groups is 1. The molecule has 0 fully saturated rings. The number of ether oxygens (including phenoxy) is 1. The third kappa shape index (κ3) is 3.39. The highest BCUT2D eigenvalue weighted by Crippen LogP contribution is 2.25. The molecule has 28 heavy (non-hydrogen) atoms. The number of aromatic nitrogens is 3. The van der Waals surface area contributed by atoms with Crippen LogP contribution in [-0.4, -0.2) is 27.7 Å². The van der Waals surface area contributed by atoms with Gasteiger partial charge in [0.2, 0.25) is 5.76 Å². The predicted octanol–water partition coefficient (Wildman–Crippen LogP) is 3.20. The molecule has 0 radical (unpaired) electrons. The first-order chi connectivity index (χ1) is 13.7. The van der Waals surface area contributed by atoms with Crippen molar-refractivity contribution < 1.29 is 18.5 Å². The summed E-state index contributed by atoms with van der Waals surface area (Å²) in [5.74, 6) is 1.85. The van der Waals surface area contributed by atoms with E-state index in [9.17, 15) is 4.79 Å². The topological polar surface area (TPSA) is 95.3 Å². The molecule has 0 spiro atoms. The van der Waals surface area contributed by atoms with Gasteiger partial charge in [0.15, 0.2) is 11.5 Å². The Morgan fingerprint density at radius 2 is 2.11 bits per heavy atom. The monoisotopic (exact) mass is 378 g/mol. The molecule has 8 heteroatoms. The molecule has 0 saturated carbocycles. The Labute approximate surface area is 160 Å². The van der Waals surface area contributed by atoms with E-state index in [2.05, 4.69) is 15.5 Å². The van der Waals surface area contributed by atoms with Gasteiger partial charge in [-0.2, -0.15) is 0 Å². The number of benzene rings is 1. The van der Waals surface area contributed by atoms with Crippen LogP contribution in [-0.2, 0) is 7.05 Å². The Hall–Kier alpha value is -3.81. The first-order valence-corrected chi connectivity index (χ1v) is 8.58. The lowest BCUT2D eigenvalue weighted by Gasteiger charge is -2.19. The molecule has 0 aliphatic rings. The van der Waals surface area contributed by atoms with Crippen molar-refractivity contribution in [3.05, 3.63) is 78.2 Å². The van der Waals surface area contributed by atoms with Crippen molar-refractivity contribution in [2.45, 2.75) is 6.04 Å². The first kappa shape index (κ1) is 17.6. The van der Waals surface area contributed by atoms with Gasteiger partial charge in [-0.3, -0.25) is 4.79 Å². The average Bonchev–Trinajstić information content (AvgIpc) is 3.47. The number of rotatable bonds is 6. The highest BCUT2D eigenvalue weighted by Gasteiger charge is 2.24. The van der Waals surface area contributed by atoms with Gasteiger partial charge in [-0.05, 0) is 29.8 Å². The Balaban J connectivity index is 1.64. The number of amides is 1. The van der Waals surface area contributed by atoms with Crippen molar-refractivity contribution in [2.24, 2.45) is 7.05 Å². The lowest BCUT2D eigenvalue weighted by Crippen LogP contribution is -2.31. The summed E-state index contributed by atoms with van der Waals surface area (Å²) in [4.78, 5) is 17.2. The fraction of sp³-hybridized carbons (Fsp3) is 0.150. The number of furan rings is 1. The van der Waals surface area contributed by atoms with E-state index < -0.39 is 11.9 Å². The summed E-state index contributed by atoms with van der Waals surface area (Å²) in [7, 11) is 3.46. The highest BCUT2D eigenvalue weighted by molar-refractivity contribution is 5.93. The number of carbonyl (C=O) groups excluding carboxylic acids is 1. The quantitative estimate of drug-likeness (QED) is 0.554. The Bertz CT molecular complexity index is 1080. The predicted molar refractivity (Wildman–Crippen MR) is 99.7 cm³/mol. The zero-order valence-corrected chi connectivity index (χ0v) is 15.3. The molecule has 3 heterocycles. The van der Waals surface area contributed by atoms with Gasteiger partial charge in [-0.15, -0.1) is 0 Å². The van der Waals surface area contributed by atoms with Crippen LogP contribution in [0.3, 0.4) is 0 Å². The molecule has 4 aromatic rings. The second-order valence-electron chi connectivity index (χ2n) is 6.13. The summed E-state index contributed by atoms with van der Waals surface area (Å²) < 4.78 is 17.7. The minimum atomic E-state index is -0.494. The lowest BCUT2D eigenvalue weighted by atomic mass is 10.1. The molecule has 0 aliphatic heterocycles. The van der Waals surface area contributed by atoms with Crippen LogP contribution in [0.1, 0.15) is 27.9 Å². The fourth-order valence-corrected chi connectivity index (χ4v) is 2.90. The largest absolute Gasteiger partial charge is 0.497 e. The number of nitrogens with one attached hydrogen (secondary N) is 1. The van der Waals surface area contributed by atoms with E-state index >= 15 is 0 Å². The minimum Gasteiger partial charge on any atom is -0.497 e. The van der Waals surface area contributed by atoms with Gasteiger partial charge in [-0.1, -0.05) is 17.3 Å². The van der Waals surface area contributed by atoms with Crippen LogP contribution in [0.5, 0.6) is 5.75 Å². The molecular weight excluding hydrogens is 360 g/mol. The summed E-state index contributed by atoms with van der Waals surface area (Å²) in [6.07, 6.45) is 5.02. The highest BCUT2D eigenvalue weighted by atomic mass is 16.5. The van der Waals surface area contributed by atoms with Crippen LogP contribution in [0.2, 0.25) is 0 Å². The van der Waals surface area contributed by atoms with Crippen LogP contribution in [0.4, 0.5) is 0 Å². The number of hydrogen-bond donors (Lipinski definition) is 1. The fourth-order valence-electron chi connectivity index (χ4n) is 2.90. The van der Waals surface area contributed by atoms with E-state index in [4.69, 9.17) is 13.7 Å². The maximum atomic E-state index is 12.8. The normalized spacial score (nSPS) is 11.9. The molecular formula is C20H18N4O4. The Kier molecular flexibility index (Phi) is 4.67. The molecule has 142 valence electrons. The minimum absolute atomic E-state index is 0.147. The SMILES string of the molecule is COc1cccc(C(NC(=O)c2cc(-c3ccco3)on2)c2nccn2C)c1. The van der Waals surface area contributed by atoms with E-state index in [1.54, 1.807) is 25.4 Å². The zero-order chi connectivity index (χ0) is 19.5. The summed E-state index contributed by atoms with van der Waals surface area (Å²) in [6.45, 7) is 0. The Morgan fingerprint density at radius 3 is 2.82 bits per heavy atom. The van der Waals surface area contributed by atoms with Crippen LogP contribution >= 0.6 is 0 Å².